The van der Waals surface area contributed by atoms with E-state index in [9.17, 15) is 0 Å². The Kier molecular flexibility index (Phi) is 3.73. The highest BCUT2D eigenvalue weighted by atomic mass is 32.2. The summed E-state index contributed by atoms with van der Waals surface area (Å²) in [4.78, 5) is 0. The van der Waals surface area contributed by atoms with E-state index >= 15 is 0 Å². The molecule has 120 valence electrons. The maximum Gasteiger partial charge on any atom is 0.196 e. The lowest BCUT2D eigenvalue weighted by Gasteiger charge is -2.10. The maximum absolute atomic E-state index is 4.23. The Morgan fingerprint density at radius 3 is 2.62 bits per heavy atom. The summed E-state index contributed by atoms with van der Waals surface area (Å²) in [6.07, 6.45) is 1.95. The van der Waals surface area contributed by atoms with E-state index in [0.717, 1.165) is 33.4 Å². The summed E-state index contributed by atoms with van der Waals surface area (Å²) in [5, 5.41) is 21.4. The molecule has 0 saturated carbocycles. The number of rotatable bonds is 4. The minimum absolute atomic E-state index is 0.608. The first-order chi connectivity index (χ1) is 11.7. The third kappa shape index (κ3) is 2.54. The molecule has 3 heterocycles. The quantitative estimate of drug-likeness (QED) is 0.533. The lowest BCUT2D eigenvalue weighted by atomic mass is 10.1. The van der Waals surface area contributed by atoms with Crippen LogP contribution >= 0.6 is 11.8 Å². The molecule has 0 amide bonds. The van der Waals surface area contributed by atoms with Gasteiger partial charge >= 0.3 is 0 Å². The molecular formula is C16H15N7S. The highest BCUT2D eigenvalue weighted by Crippen LogP contribution is 2.24. The summed E-state index contributed by atoms with van der Waals surface area (Å²) in [7, 11) is 0. The maximum atomic E-state index is 4.23. The zero-order chi connectivity index (χ0) is 16.5. The number of nitrogens with zero attached hydrogens (tertiary/aromatic N) is 7. The van der Waals surface area contributed by atoms with Crippen molar-refractivity contribution < 1.29 is 0 Å². The molecule has 24 heavy (non-hydrogen) atoms. The molecule has 0 unspecified atom stereocenters. The lowest BCUT2D eigenvalue weighted by Crippen LogP contribution is -2.06. The van der Waals surface area contributed by atoms with Crippen molar-refractivity contribution in [3.63, 3.8) is 0 Å². The first kappa shape index (κ1) is 14.8. The summed E-state index contributed by atoms with van der Waals surface area (Å²) >= 11 is 1.56. The number of fused-ring (bicyclic) bond motifs is 1. The third-order valence-corrected chi connectivity index (χ3v) is 4.74. The molecule has 0 N–H and O–H groups in total. The first-order valence-electron chi connectivity index (χ1n) is 7.50. The number of hydrogen-bond donors (Lipinski definition) is 0. The van der Waals surface area contributed by atoms with Crippen LogP contribution in [0.4, 0.5) is 0 Å². The van der Waals surface area contributed by atoms with Gasteiger partial charge in [-0.05, 0) is 47.5 Å². The molecule has 0 atom stereocenters. The first-order valence-corrected chi connectivity index (χ1v) is 8.49. The van der Waals surface area contributed by atoms with E-state index in [2.05, 4.69) is 51.7 Å². The SMILES string of the molecule is Cc1cccc(C)c1-n1nnnc1CSc1nnc2ccccn12. The van der Waals surface area contributed by atoms with Crippen LogP contribution in [-0.2, 0) is 5.75 Å². The van der Waals surface area contributed by atoms with Gasteiger partial charge in [-0.25, -0.2) is 0 Å². The normalized spacial score (nSPS) is 11.2. The molecule has 0 bridgehead atoms. The number of aryl methyl sites for hydroxylation is 2. The van der Waals surface area contributed by atoms with Crippen LogP contribution in [-0.4, -0.2) is 34.8 Å². The molecular weight excluding hydrogens is 322 g/mol. The summed E-state index contributed by atoms with van der Waals surface area (Å²) in [6.45, 7) is 4.12. The van der Waals surface area contributed by atoms with Crippen molar-refractivity contribution in [2.45, 2.75) is 24.8 Å². The Balaban J connectivity index is 1.64. The number of para-hydroxylation sites is 1. The minimum Gasteiger partial charge on any atom is -0.277 e. The average Bonchev–Trinajstić information content (AvgIpc) is 3.20. The fourth-order valence-electron chi connectivity index (χ4n) is 2.66. The Hall–Kier alpha value is -2.74. The number of hydrogen-bond acceptors (Lipinski definition) is 6. The highest BCUT2D eigenvalue weighted by molar-refractivity contribution is 7.98. The van der Waals surface area contributed by atoms with Gasteiger partial charge in [0.1, 0.15) is 0 Å². The van der Waals surface area contributed by atoms with E-state index in [1.807, 2.05) is 34.9 Å². The van der Waals surface area contributed by atoms with Gasteiger partial charge in [-0.3, -0.25) is 4.40 Å². The van der Waals surface area contributed by atoms with Crippen LogP contribution in [0.5, 0.6) is 0 Å². The summed E-state index contributed by atoms with van der Waals surface area (Å²) in [5.41, 5.74) is 4.14. The van der Waals surface area contributed by atoms with Crippen LogP contribution in [0.25, 0.3) is 11.3 Å². The van der Waals surface area contributed by atoms with Gasteiger partial charge in [0.25, 0.3) is 0 Å². The van der Waals surface area contributed by atoms with E-state index < -0.39 is 0 Å². The van der Waals surface area contributed by atoms with Gasteiger partial charge in [0.15, 0.2) is 16.6 Å². The van der Waals surface area contributed by atoms with Crippen molar-refractivity contribution in [3.05, 3.63) is 59.5 Å². The predicted molar refractivity (Wildman–Crippen MR) is 91.2 cm³/mol. The zero-order valence-electron chi connectivity index (χ0n) is 13.3. The smallest absolute Gasteiger partial charge is 0.196 e. The van der Waals surface area contributed by atoms with E-state index in [4.69, 9.17) is 0 Å². The number of tetrazole rings is 1. The molecule has 1 aromatic carbocycles. The Labute approximate surface area is 142 Å². The van der Waals surface area contributed by atoms with Gasteiger partial charge in [0, 0.05) is 6.20 Å². The van der Waals surface area contributed by atoms with Crippen LogP contribution in [0.15, 0.2) is 47.8 Å². The molecule has 3 aromatic heterocycles. The molecule has 0 aliphatic heterocycles. The number of pyridine rings is 1. The van der Waals surface area contributed by atoms with Gasteiger partial charge in [0.05, 0.1) is 11.4 Å². The summed E-state index contributed by atoms with van der Waals surface area (Å²) < 4.78 is 3.76. The summed E-state index contributed by atoms with van der Waals surface area (Å²) in [5.74, 6) is 1.39. The van der Waals surface area contributed by atoms with E-state index in [1.54, 1.807) is 16.4 Å². The van der Waals surface area contributed by atoms with Gasteiger partial charge in [-0.15, -0.1) is 15.3 Å². The number of aromatic nitrogens is 7. The van der Waals surface area contributed by atoms with Gasteiger partial charge in [-0.1, -0.05) is 36.0 Å². The third-order valence-electron chi connectivity index (χ3n) is 3.80. The van der Waals surface area contributed by atoms with Crippen molar-refractivity contribution in [1.82, 2.24) is 34.8 Å². The highest BCUT2D eigenvalue weighted by Gasteiger charge is 2.14. The number of benzene rings is 1. The minimum atomic E-state index is 0.608. The molecule has 4 aromatic rings. The average molecular weight is 337 g/mol. The topological polar surface area (TPSA) is 73.8 Å². The molecule has 8 heteroatoms. The van der Waals surface area contributed by atoms with E-state index in [1.165, 1.54) is 0 Å². The van der Waals surface area contributed by atoms with E-state index in [-0.39, 0.29) is 0 Å². The van der Waals surface area contributed by atoms with Crippen molar-refractivity contribution in [2.75, 3.05) is 0 Å². The molecule has 0 radical (unpaired) electrons. The zero-order valence-corrected chi connectivity index (χ0v) is 14.1. The monoisotopic (exact) mass is 337 g/mol. The van der Waals surface area contributed by atoms with Crippen molar-refractivity contribution in [1.29, 1.82) is 0 Å². The standard InChI is InChI=1S/C16H15N7S/c1-11-6-5-7-12(2)15(11)23-14(18-20-21-23)10-24-16-19-17-13-8-3-4-9-22(13)16/h3-9H,10H2,1-2H3. The fraction of sp³-hybridized carbons (Fsp3) is 0.188. The van der Waals surface area contributed by atoms with Gasteiger partial charge < -0.3 is 0 Å². The fourth-order valence-corrected chi connectivity index (χ4v) is 3.49. The Bertz CT molecular complexity index is 984. The Morgan fingerprint density at radius 1 is 0.958 bits per heavy atom. The van der Waals surface area contributed by atoms with Crippen molar-refractivity contribution in [3.8, 4) is 5.69 Å². The summed E-state index contributed by atoms with van der Waals surface area (Å²) in [6, 6.07) is 12.0. The molecule has 0 aliphatic carbocycles. The van der Waals surface area contributed by atoms with Crippen LogP contribution in [0.1, 0.15) is 17.0 Å². The predicted octanol–water partition coefficient (Wildman–Crippen LogP) is 2.61. The molecule has 4 rings (SSSR count). The largest absolute Gasteiger partial charge is 0.277 e. The van der Waals surface area contributed by atoms with Gasteiger partial charge in [0.2, 0.25) is 0 Å². The second kappa shape index (κ2) is 6.04. The van der Waals surface area contributed by atoms with Crippen LogP contribution in [0.2, 0.25) is 0 Å². The molecule has 0 fully saturated rings. The van der Waals surface area contributed by atoms with Crippen LogP contribution in [0, 0.1) is 13.8 Å². The molecule has 0 saturated heterocycles. The molecule has 0 aliphatic rings. The van der Waals surface area contributed by atoms with E-state index in [0.29, 0.717) is 5.75 Å². The van der Waals surface area contributed by atoms with Gasteiger partial charge in [-0.2, -0.15) is 4.68 Å². The second-order valence-corrected chi connectivity index (χ2v) is 6.39. The Morgan fingerprint density at radius 2 is 1.79 bits per heavy atom. The van der Waals surface area contributed by atoms with Crippen molar-refractivity contribution in [2.24, 2.45) is 0 Å². The van der Waals surface area contributed by atoms with Crippen LogP contribution < -0.4 is 0 Å². The molecule has 7 nitrogen and oxygen atoms in total. The second-order valence-electron chi connectivity index (χ2n) is 5.45. The molecule has 0 spiro atoms. The van der Waals surface area contributed by atoms with Crippen LogP contribution in [0.3, 0.4) is 0 Å². The van der Waals surface area contributed by atoms with Crippen molar-refractivity contribution >= 4 is 17.4 Å². The number of thioether (sulfide) groups is 1. The lowest BCUT2D eigenvalue weighted by molar-refractivity contribution is 0.769.